The third-order valence-corrected chi connectivity index (χ3v) is 3.14. The molecule has 22 heavy (non-hydrogen) atoms. The zero-order valence-electron chi connectivity index (χ0n) is 12.1. The predicted octanol–water partition coefficient (Wildman–Crippen LogP) is 3.36. The lowest BCUT2D eigenvalue weighted by atomic mass is 10.1. The van der Waals surface area contributed by atoms with Crippen LogP contribution in [-0.2, 0) is 0 Å². The van der Waals surface area contributed by atoms with Gasteiger partial charge in [0.15, 0.2) is 5.78 Å². The van der Waals surface area contributed by atoms with Crippen LogP contribution in [-0.4, -0.2) is 18.2 Å². The molecule has 0 heterocycles. The van der Waals surface area contributed by atoms with Gasteiger partial charge in [0.05, 0.1) is 0 Å². The molecule has 1 aromatic rings. The maximum Gasteiger partial charge on any atom is 0.251 e. The second-order valence-corrected chi connectivity index (χ2v) is 4.93. The number of Topliss-reactive ketones (excluding diaryl/α,β-unsaturated/α-hetero) is 1. The van der Waals surface area contributed by atoms with Crippen molar-refractivity contribution in [3.63, 3.8) is 0 Å². The summed E-state index contributed by atoms with van der Waals surface area (Å²) in [4.78, 5) is 23.5. The van der Waals surface area contributed by atoms with Gasteiger partial charge in [-0.3, -0.25) is 9.59 Å². The molecule has 0 saturated heterocycles. The number of nitrogens with one attached hydrogen (secondary N) is 1. The molecule has 0 aliphatic carbocycles. The Morgan fingerprint density at radius 3 is 2.59 bits per heavy atom. The second kappa shape index (κ2) is 7.56. The van der Waals surface area contributed by atoms with E-state index in [9.17, 15) is 14.0 Å². The third kappa shape index (κ3) is 4.30. The van der Waals surface area contributed by atoms with Gasteiger partial charge in [-0.1, -0.05) is 24.8 Å². The minimum atomic E-state index is -0.665. The summed E-state index contributed by atoms with van der Waals surface area (Å²) in [6.45, 7) is 7.92. The average molecular weight is 323 g/mol. The number of carbonyl (C=O) groups is 2. The van der Waals surface area contributed by atoms with E-state index in [1.807, 2.05) is 0 Å². The smallest absolute Gasteiger partial charge is 0.251 e. The number of rotatable bonds is 6. The summed E-state index contributed by atoms with van der Waals surface area (Å²) >= 11 is 5.68. The average Bonchev–Trinajstić information content (AvgIpc) is 2.46. The Bertz CT molecular complexity index is 681. The number of carbonyl (C=O) groups excluding carboxylic acids is 2. The van der Waals surface area contributed by atoms with Crippen LogP contribution in [0.2, 0.25) is 0 Å². The lowest BCUT2D eigenvalue weighted by Crippen LogP contribution is -2.26. The highest BCUT2D eigenvalue weighted by Gasteiger charge is 2.13. The van der Waals surface area contributed by atoms with Crippen LogP contribution in [0.5, 0.6) is 0 Å². The molecule has 0 fully saturated rings. The molecule has 0 radical (unpaired) electrons. The van der Waals surface area contributed by atoms with Gasteiger partial charge in [0, 0.05) is 34.0 Å². The molecular formula is C16H16ClFN2O2. The fourth-order valence-electron chi connectivity index (χ4n) is 1.71. The molecule has 0 spiro atoms. The van der Waals surface area contributed by atoms with E-state index in [-0.39, 0.29) is 39.7 Å². The second-order valence-electron chi connectivity index (χ2n) is 4.48. The van der Waals surface area contributed by atoms with E-state index in [1.165, 1.54) is 25.1 Å². The largest absolute Gasteiger partial charge is 0.398 e. The van der Waals surface area contributed by atoms with Gasteiger partial charge in [-0.2, -0.15) is 0 Å². The minimum Gasteiger partial charge on any atom is -0.398 e. The van der Waals surface area contributed by atoms with Crippen molar-refractivity contribution < 1.29 is 14.0 Å². The van der Waals surface area contributed by atoms with Crippen LogP contribution in [0.3, 0.4) is 0 Å². The summed E-state index contributed by atoms with van der Waals surface area (Å²) in [5.74, 6) is -1.41. The van der Waals surface area contributed by atoms with E-state index >= 15 is 0 Å². The van der Waals surface area contributed by atoms with Crippen LogP contribution < -0.4 is 11.1 Å². The maximum atomic E-state index is 13.5. The van der Waals surface area contributed by atoms with Crippen LogP contribution >= 0.6 is 11.6 Å². The highest BCUT2D eigenvalue weighted by atomic mass is 35.5. The number of anilines is 1. The normalized spacial score (nSPS) is 11.4. The Hall–Kier alpha value is -2.40. The van der Waals surface area contributed by atoms with Gasteiger partial charge in [-0.05, 0) is 31.2 Å². The monoisotopic (exact) mass is 322 g/mol. The summed E-state index contributed by atoms with van der Waals surface area (Å²) in [5, 5.41) is 2.47. The van der Waals surface area contributed by atoms with E-state index in [2.05, 4.69) is 18.5 Å². The highest BCUT2D eigenvalue weighted by molar-refractivity contribution is 6.31. The molecule has 6 heteroatoms. The van der Waals surface area contributed by atoms with E-state index in [4.69, 9.17) is 17.3 Å². The summed E-state index contributed by atoms with van der Waals surface area (Å²) in [6, 6.07) is 4.32. The molecule has 0 atom stereocenters. The van der Waals surface area contributed by atoms with Crippen molar-refractivity contribution in [2.75, 3.05) is 12.3 Å². The quantitative estimate of drug-likeness (QED) is 0.479. The number of hydrogen-bond acceptors (Lipinski definition) is 3. The molecule has 0 aliphatic rings. The maximum absolute atomic E-state index is 13.5. The number of nitrogen functional groups attached to an aromatic ring is 1. The first-order valence-corrected chi connectivity index (χ1v) is 6.70. The van der Waals surface area contributed by atoms with Crippen LogP contribution in [0.4, 0.5) is 10.1 Å². The van der Waals surface area contributed by atoms with E-state index in [1.54, 1.807) is 0 Å². The molecule has 1 rings (SSSR count). The van der Waals surface area contributed by atoms with Crippen molar-refractivity contribution in [2.24, 2.45) is 0 Å². The molecule has 0 aromatic heterocycles. The van der Waals surface area contributed by atoms with Gasteiger partial charge in [-0.15, -0.1) is 0 Å². The van der Waals surface area contributed by atoms with Gasteiger partial charge in [-0.25, -0.2) is 4.39 Å². The van der Waals surface area contributed by atoms with Crippen LogP contribution in [0, 0.1) is 0 Å². The molecule has 3 N–H and O–H groups in total. The Morgan fingerprint density at radius 1 is 1.45 bits per heavy atom. The van der Waals surface area contributed by atoms with Gasteiger partial charge >= 0.3 is 0 Å². The molecule has 1 aromatic carbocycles. The number of ketones is 1. The van der Waals surface area contributed by atoms with E-state index in [0.717, 1.165) is 6.08 Å². The number of nitrogens with two attached hydrogens (primary N) is 1. The number of benzene rings is 1. The topological polar surface area (TPSA) is 72.2 Å². The van der Waals surface area contributed by atoms with Crippen molar-refractivity contribution in [2.45, 2.75) is 6.92 Å². The molecular weight excluding hydrogens is 307 g/mol. The molecule has 0 saturated carbocycles. The number of amides is 1. The zero-order chi connectivity index (χ0) is 16.9. The van der Waals surface area contributed by atoms with Crippen molar-refractivity contribution in [3.8, 4) is 0 Å². The lowest BCUT2D eigenvalue weighted by Gasteiger charge is -2.10. The van der Waals surface area contributed by atoms with Crippen molar-refractivity contribution >= 4 is 29.0 Å². The van der Waals surface area contributed by atoms with Crippen molar-refractivity contribution in [1.82, 2.24) is 5.32 Å². The van der Waals surface area contributed by atoms with Gasteiger partial charge in [0.1, 0.15) is 5.83 Å². The molecule has 0 bridgehead atoms. The first-order valence-electron chi connectivity index (χ1n) is 6.32. The first kappa shape index (κ1) is 17.7. The first-order chi connectivity index (χ1) is 10.3. The van der Waals surface area contributed by atoms with Gasteiger partial charge in [0.2, 0.25) is 0 Å². The molecule has 0 aliphatic heterocycles. The number of hydrogen-bond donors (Lipinski definition) is 2. The molecule has 0 unspecified atom stereocenters. The number of allylic oxidation sites excluding steroid dienone is 2. The fourth-order valence-corrected chi connectivity index (χ4v) is 1.86. The fraction of sp³-hybridized carbons (Fsp3) is 0.125. The van der Waals surface area contributed by atoms with Crippen molar-refractivity contribution in [3.05, 3.63) is 65.0 Å². The molecule has 116 valence electrons. The van der Waals surface area contributed by atoms with Crippen LogP contribution in [0.1, 0.15) is 27.6 Å². The van der Waals surface area contributed by atoms with E-state index in [0.29, 0.717) is 0 Å². The van der Waals surface area contributed by atoms with Crippen LogP contribution in [0.15, 0.2) is 53.9 Å². The predicted molar refractivity (Wildman–Crippen MR) is 86.5 cm³/mol. The standard InChI is InChI=1S/C16H16ClFN2O2/c1-4-14(18)13(9(2)17)8-20-16(22)11-5-6-15(19)12(7-11)10(3)21/h4-7H,1-2,8,19H2,3H3,(H,20,22)/b14-13+. The summed E-state index contributed by atoms with van der Waals surface area (Å²) < 4.78 is 13.5. The summed E-state index contributed by atoms with van der Waals surface area (Å²) in [6.07, 6.45) is 0.978. The lowest BCUT2D eigenvalue weighted by molar-refractivity contribution is 0.0957. The SMILES string of the molecule is C=C/C(F)=C(/CNC(=O)c1ccc(N)c(C(C)=O)c1)C(=C)Cl. The highest BCUT2D eigenvalue weighted by Crippen LogP contribution is 2.19. The Morgan fingerprint density at radius 2 is 2.09 bits per heavy atom. The molecule has 1 amide bonds. The Balaban J connectivity index is 2.95. The van der Waals surface area contributed by atoms with E-state index < -0.39 is 11.7 Å². The van der Waals surface area contributed by atoms with Gasteiger partial charge in [0.25, 0.3) is 5.91 Å². The van der Waals surface area contributed by atoms with Gasteiger partial charge < -0.3 is 11.1 Å². The van der Waals surface area contributed by atoms with Crippen LogP contribution in [0.25, 0.3) is 0 Å². The molecule has 4 nitrogen and oxygen atoms in total. The summed E-state index contributed by atoms with van der Waals surface area (Å²) in [5.41, 5.74) is 6.47. The summed E-state index contributed by atoms with van der Waals surface area (Å²) in [7, 11) is 0. The number of halogens is 2. The van der Waals surface area contributed by atoms with Crippen molar-refractivity contribution in [1.29, 1.82) is 0 Å². The minimum absolute atomic E-state index is 0.0283. The zero-order valence-corrected chi connectivity index (χ0v) is 12.8. The third-order valence-electron chi connectivity index (χ3n) is 2.92. The Kier molecular flexibility index (Phi) is 6.07. The Labute approximate surface area is 133 Å².